The fraction of sp³-hybridized carbons (Fsp3) is 0.156. The number of anilines is 1. The number of sulfonamides is 1. The summed E-state index contributed by atoms with van der Waals surface area (Å²) in [5.74, 6) is -4.55. The predicted octanol–water partition coefficient (Wildman–Crippen LogP) is 7.32. The van der Waals surface area contributed by atoms with Gasteiger partial charge < -0.3 is 0 Å². The lowest BCUT2D eigenvalue weighted by atomic mass is 9.99. The van der Waals surface area contributed by atoms with E-state index in [0.717, 1.165) is 27.8 Å². The molecule has 0 saturated carbocycles. The molecule has 0 bridgehead atoms. The van der Waals surface area contributed by atoms with Gasteiger partial charge in [-0.3, -0.25) is 18.9 Å². The van der Waals surface area contributed by atoms with E-state index >= 15 is 8.78 Å². The van der Waals surface area contributed by atoms with Gasteiger partial charge >= 0.3 is 0 Å². The highest BCUT2D eigenvalue weighted by Gasteiger charge is 2.29. The highest BCUT2D eigenvalue weighted by Crippen LogP contribution is 2.32. The zero-order chi connectivity index (χ0) is 31.1. The van der Waals surface area contributed by atoms with E-state index in [1.807, 2.05) is 31.2 Å². The first-order valence-corrected chi connectivity index (χ1v) is 15.4. The Morgan fingerprint density at radius 2 is 1.70 bits per heavy atom. The second-order valence-electron chi connectivity index (χ2n) is 10.1. The van der Waals surface area contributed by atoms with Crippen molar-refractivity contribution in [1.29, 1.82) is 0 Å². The summed E-state index contributed by atoms with van der Waals surface area (Å²) in [6.45, 7) is 5.27. The van der Waals surface area contributed by atoms with Crippen LogP contribution in [-0.2, 0) is 10.0 Å². The van der Waals surface area contributed by atoms with Gasteiger partial charge in [-0.2, -0.15) is 0 Å². The number of aryl methyl sites for hydroxylation is 2. The highest BCUT2D eigenvalue weighted by molar-refractivity contribution is 7.92. The van der Waals surface area contributed by atoms with Crippen LogP contribution >= 0.6 is 11.6 Å². The maximum Gasteiger partial charge on any atom is 0.265 e. The summed E-state index contributed by atoms with van der Waals surface area (Å²) in [4.78, 5) is 32.2. The van der Waals surface area contributed by atoms with Gasteiger partial charge in [-0.15, -0.1) is 0 Å². The molecular formula is C32H26ClF2N3O4S. The Balaban J connectivity index is 1.72. The van der Waals surface area contributed by atoms with Crippen molar-refractivity contribution in [3.05, 3.63) is 118 Å². The molecule has 0 spiro atoms. The SMILES string of the molecule is CCCS(=O)(=O)Nc1ccc(F)c(C(=O)c2cn(C(=O)c3c(C)cccc3Cl)c3ncc(-c4ccc(C)cc4)cc23)c1F. The minimum atomic E-state index is -3.94. The van der Waals surface area contributed by atoms with Crippen LogP contribution in [0.1, 0.15) is 50.8 Å². The molecule has 5 aromatic rings. The number of halogens is 3. The van der Waals surface area contributed by atoms with E-state index in [2.05, 4.69) is 9.71 Å². The molecule has 2 aromatic heterocycles. The van der Waals surface area contributed by atoms with Crippen molar-refractivity contribution in [1.82, 2.24) is 9.55 Å². The fourth-order valence-corrected chi connectivity index (χ4v) is 6.27. The second-order valence-corrected chi connectivity index (χ2v) is 12.4. The molecule has 0 aliphatic carbocycles. The molecule has 0 aliphatic rings. The number of nitrogens with one attached hydrogen (secondary N) is 1. The summed E-state index contributed by atoms with van der Waals surface area (Å²) < 4.78 is 58.6. The number of ketones is 1. The molecule has 5 rings (SSSR count). The van der Waals surface area contributed by atoms with Crippen molar-refractivity contribution < 1.29 is 26.8 Å². The molecule has 3 aromatic carbocycles. The van der Waals surface area contributed by atoms with Gasteiger partial charge in [0.15, 0.2) is 5.82 Å². The minimum Gasteiger partial charge on any atom is -0.288 e. The van der Waals surface area contributed by atoms with Crippen LogP contribution in [0.3, 0.4) is 0 Å². The number of fused-ring (bicyclic) bond motifs is 1. The third kappa shape index (κ3) is 5.80. The smallest absolute Gasteiger partial charge is 0.265 e. The van der Waals surface area contributed by atoms with Crippen LogP contribution in [-0.4, -0.2) is 35.4 Å². The average Bonchev–Trinajstić information content (AvgIpc) is 3.34. The Bertz CT molecular complexity index is 2000. The number of hydrogen-bond donors (Lipinski definition) is 1. The molecule has 220 valence electrons. The van der Waals surface area contributed by atoms with Crippen LogP contribution in [0.5, 0.6) is 0 Å². The molecule has 0 unspecified atom stereocenters. The van der Waals surface area contributed by atoms with Crippen LogP contribution < -0.4 is 4.72 Å². The summed E-state index contributed by atoms with van der Waals surface area (Å²) in [5.41, 5.74) is 1.47. The van der Waals surface area contributed by atoms with Crippen LogP contribution in [0, 0.1) is 25.5 Å². The van der Waals surface area contributed by atoms with Gasteiger partial charge in [-0.05, 0) is 55.7 Å². The summed E-state index contributed by atoms with van der Waals surface area (Å²) in [7, 11) is -3.94. The predicted molar refractivity (Wildman–Crippen MR) is 163 cm³/mol. The van der Waals surface area contributed by atoms with Crippen molar-refractivity contribution in [3.63, 3.8) is 0 Å². The standard InChI is InChI=1S/C32H26ClF2N3O4S/c1-4-14-43(41,42)37-26-13-12-25(34)28(29(26)35)30(39)23-17-38(32(40)27-19(3)6-5-7-24(27)33)31-22(23)15-21(16-36-31)20-10-8-18(2)9-11-20/h5-13,15-17,37H,4,14H2,1-3H3. The zero-order valence-electron chi connectivity index (χ0n) is 23.4. The third-order valence-electron chi connectivity index (χ3n) is 6.98. The lowest BCUT2D eigenvalue weighted by Crippen LogP contribution is -2.18. The number of carbonyl (C=O) groups excluding carboxylic acids is 2. The molecule has 0 fully saturated rings. The Hall–Kier alpha value is -4.41. The van der Waals surface area contributed by atoms with E-state index in [0.29, 0.717) is 11.1 Å². The van der Waals surface area contributed by atoms with Crippen LogP contribution in [0.15, 0.2) is 73.1 Å². The molecule has 1 N–H and O–H groups in total. The largest absolute Gasteiger partial charge is 0.288 e. The topological polar surface area (TPSA) is 98.1 Å². The lowest BCUT2D eigenvalue weighted by Gasteiger charge is -2.11. The van der Waals surface area contributed by atoms with Gasteiger partial charge in [-0.25, -0.2) is 22.2 Å². The van der Waals surface area contributed by atoms with Crippen molar-refractivity contribution in [2.75, 3.05) is 10.5 Å². The Labute approximate surface area is 252 Å². The number of pyridine rings is 1. The van der Waals surface area contributed by atoms with Gasteiger partial charge in [0.1, 0.15) is 11.5 Å². The van der Waals surface area contributed by atoms with Gasteiger partial charge in [0, 0.05) is 23.3 Å². The maximum atomic E-state index is 15.7. The van der Waals surface area contributed by atoms with Crippen molar-refractivity contribution >= 4 is 50.0 Å². The Morgan fingerprint density at radius 3 is 2.37 bits per heavy atom. The minimum absolute atomic E-state index is 0.0733. The van der Waals surface area contributed by atoms with Crippen molar-refractivity contribution in [2.24, 2.45) is 0 Å². The molecule has 11 heteroatoms. The average molecular weight is 622 g/mol. The van der Waals surface area contributed by atoms with Gasteiger partial charge in [0.05, 0.1) is 33.2 Å². The van der Waals surface area contributed by atoms with E-state index in [1.54, 1.807) is 38.1 Å². The van der Waals surface area contributed by atoms with Gasteiger partial charge in [0.25, 0.3) is 5.91 Å². The molecule has 2 heterocycles. The maximum absolute atomic E-state index is 15.7. The summed E-state index contributed by atoms with van der Waals surface area (Å²) in [5, 5.41) is 0.344. The van der Waals surface area contributed by atoms with Crippen molar-refractivity contribution in [2.45, 2.75) is 27.2 Å². The van der Waals surface area contributed by atoms with E-state index < -0.39 is 44.6 Å². The fourth-order valence-electron chi connectivity index (χ4n) is 4.83. The summed E-state index contributed by atoms with van der Waals surface area (Å²) in [6, 6.07) is 15.8. The Morgan fingerprint density at radius 1 is 0.977 bits per heavy atom. The zero-order valence-corrected chi connectivity index (χ0v) is 25.0. The molecule has 43 heavy (non-hydrogen) atoms. The summed E-state index contributed by atoms with van der Waals surface area (Å²) in [6.07, 6.45) is 2.98. The van der Waals surface area contributed by atoms with Crippen molar-refractivity contribution in [3.8, 4) is 11.1 Å². The molecule has 0 radical (unpaired) electrons. The molecule has 0 saturated heterocycles. The van der Waals surface area contributed by atoms with E-state index in [9.17, 15) is 18.0 Å². The number of nitrogens with zero attached hydrogens (tertiary/aromatic N) is 2. The first-order chi connectivity index (χ1) is 20.4. The normalized spacial score (nSPS) is 11.6. The monoisotopic (exact) mass is 621 g/mol. The van der Waals surface area contributed by atoms with Gasteiger partial charge in [-0.1, -0.05) is 60.5 Å². The summed E-state index contributed by atoms with van der Waals surface area (Å²) >= 11 is 6.37. The van der Waals surface area contributed by atoms with Crippen LogP contribution in [0.2, 0.25) is 5.02 Å². The number of hydrogen-bond acceptors (Lipinski definition) is 5. The third-order valence-corrected chi connectivity index (χ3v) is 8.78. The molecule has 0 amide bonds. The second kappa shape index (κ2) is 11.7. The quantitative estimate of drug-likeness (QED) is 0.183. The van der Waals surface area contributed by atoms with E-state index in [1.165, 1.54) is 12.4 Å². The first kappa shape index (κ1) is 30.1. The van der Waals surface area contributed by atoms with E-state index in [4.69, 9.17) is 11.6 Å². The number of benzene rings is 3. The molecular weight excluding hydrogens is 596 g/mol. The van der Waals surface area contributed by atoms with Crippen LogP contribution in [0.25, 0.3) is 22.2 Å². The molecule has 7 nitrogen and oxygen atoms in total. The number of rotatable bonds is 8. The number of carbonyl (C=O) groups is 2. The number of aromatic nitrogens is 2. The molecule has 0 atom stereocenters. The lowest BCUT2D eigenvalue weighted by molar-refractivity contribution is 0.0964. The van der Waals surface area contributed by atoms with E-state index in [-0.39, 0.29) is 39.4 Å². The van der Waals surface area contributed by atoms with Gasteiger partial charge in [0.2, 0.25) is 15.8 Å². The Kier molecular flexibility index (Phi) is 8.18. The highest BCUT2D eigenvalue weighted by atomic mass is 35.5. The molecule has 0 aliphatic heterocycles. The van der Waals surface area contributed by atoms with Crippen LogP contribution in [0.4, 0.5) is 14.5 Å². The first-order valence-electron chi connectivity index (χ1n) is 13.3.